The monoisotopic (exact) mass is 300 g/mol. The minimum atomic E-state index is -0.986. The molecule has 1 N–H and O–H groups in total. The van der Waals surface area contributed by atoms with E-state index < -0.39 is 17.7 Å². The predicted octanol–water partition coefficient (Wildman–Crippen LogP) is 2.06. The average molecular weight is 300 g/mol. The number of halogens is 1. The van der Waals surface area contributed by atoms with Crippen molar-refractivity contribution in [3.05, 3.63) is 35.6 Å². The van der Waals surface area contributed by atoms with Gasteiger partial charge < -0.3 is 19.3 Å². The molecule has 21 heavy (non-hydrogen) atoms. The number of rotatable bonds is 11. The molecule has 0 spiro atoms. The largest absolute Gasteiger partial charge is 0.481 e. The van der Waals surface area contributed by atoms with Crippen LogP contribution < -0.4 is 0 Å². The van der Waals surface area contributed by atoms with E-state index >= 15 is 0 Å². The van der Waals surface area contributed by atoms with Crippen LogP contribution in [0.1, 0.15) is 17.9 Å². The normalized spacial score (nSPS) is 12.3. The van der Waals surface area contributed by atoms with Crippen LogP contribution in [0.3, 0.4) is 0 Å². The molecule has 0 heterocycles. The lowest BCUT2D eigenvalue weighted by molar-refractivity contribution is -0.139. The number of carboxylic acid groups (broad SMARTS) is 1. The van der Waals surface area contributed by atoms with Gasteiger partial charge in [-0.2, -0.15) is 0 Å². The molecule has 1 aromatic rings. The number of aliphatic carboxylic acids is 1. The Morgan fingerprint density at radius 3 is 2.48 bits per heavy atom. The highest BCUT2D eigenvalue weighted by Gasteiger charge is 2.19. The lowest BCUT2D eigenvalue weighted by atomic mass is 9.96. The van der Waals surface area contributed by atoms with Gasteiger partial charge in [-0.1, -0.05) is 12.1 Å². The van der Waals surface area contributed by atoms with E-state index in [4.69, 9.17) is 14.2 Å². The molecule has 1 atom stereocenters. The van der Waals surface area contributed by atoms with Gasteiger partial charge in [-0.25, -0.2) is 4.39 Å². The molecule has 1 aromatic carbocycles. The molecule has 0 fully saturated rings. The van der Waals surface area contributed by atoms with Crippen molar-refractivity contribution in [3.8, 4) is 0 Å². The zero-order chi connectivity index (χ0) is 15.5. The minimum Gasteiger partial charge on any atom is -0.481 e. The highest BCUT2D eigenvalue weighted by Crippen LogP contribution is 2.20. The van der Waals surface area contributed by atoms with E-state index in [1.54, 1.807) is 13.2 Å². The summed E-state index contributed by atoms with van der Waals surface area (Å²) < 4.78 is 28.5. The van der Waals surface area contributed by atoms with E-state index in [1.165, 1.54) is 18.2 Å². The fourth-order valence-corrected chi connectivity index (χ4v) is 1.82. The van der Waals surface area contributed by atoms with Crippen molar-refractivity contribution >= 4 is 5.97 Å². The van der Waals surface area contributed by atoms with Crippen LogP contribution in [0.25, 0.3) is 0 Å². The fraction of sp³-hybridized carbons (Fsp3) is 0.533. The average Bonchev–Trinajstić information content (AvgIpc) is 2.45. The first-order valence-corrected chi connectivity index (χ1v) is 6.78. The number of ether oxygens (including phenoxy) is 3. The van der Waals surface area contributed by atoms with E-state index in [0.717, 1.165) is 0 Å². The summed E-state index contributed by atoms with van der Waals surface area (Å²) in [6.07, 6.45) is 0.289. The molecule has 0 aliphatic rings. The minimum absolute atomic E-state index is 0.279. The Balaban J connectivity index is 2.28. The summed E-state index contributed by atoms with van der Waals surface area (Å²) >= 11 is 0. The first-order valence-electron chi connectivity index (χ1n) is 6.78. The third-order valence-corrected chi connectivity index (χ3v) is 2.90. The smallest absolute Gasteiger partial charge is 0.311 e. The standard InChI is InChI=1S/C15H21FO5/c1-19-7-8-21-10-9-20-6-5-14(15(17)18)12-3-2-4-13(16)11-12/h2-4,11,14H,5-10H2,1H3,(H,17,18). The summed E-state index contributed by atoms with van der Waals surface area (Å²) in [6, 6.07) is 5.64. The molecule has 0 amide bonds. The maximum Gasteiger partial charge on any atom is 0.311 e. The van der Waals surface area contributed by atoms with Crippen LogP contribution in [0.4, 0.5) is 4.39 Å². The van der Waals surface area contributed by atoms with Crippen LogP contribution in [0.5, 0.6) is 0 Å². The zero-order valence-corrected chi connectivity index (χ0v) is 12.1. The van der Waals surface area contributed by atoms with Crippen molar-refractivity contribution < 1.29 is 28.5 Å². The van der Waals surface area contributed by atoms with Crippen LogP contribution in [-0.2, 0) is 19.0 Å². The molecule has 0 saturated carbocycles. The number of carbonyl (C=O) groups is 1. The van der Waals surface area contributed by atoms with E-state index in [-0.39, 0.29) is 13.0 Å². The quantitative estimate of drug-likeness (QED) is 0.634. The van der Waals surface area contributed by atoms with Crippen molar-refractivity contribution in [1.29, 1.82) is 0 Å². The molecule has 6 heteroatoms. The predicted molar refractivity (Wildman–Crippen MR) is 74.9 cm³/mol. The highest BCUT2D eigenvalue weighted by molar-refractivity contribution is 5.76. The van der Waals surface area contributed by atoms with Crippen molar-refractivity contribution in [2.24, 2.45) is 0 Å². The Bertz CT molecular complexity index is 424. The molecule has 5 nitrogen and oxygen atoms in total. The highest BCUT2D eigenvalue weighted by atomic mass is 19.1. The molecule has 0 bridgehead atoms. The van der Waals surface area contributed by atoms with Gasteiger partial charge in [0.2, 0.25) is 0 Å². The van der Waals surface area contributed by atoms with E-state index in [0.29, 0.717) is 32.0 Å². The van der Waals surface area contributed by atoms with Gasteiger partial charge in [0, 0.05) is 13.7 Å². The third-order valence-electron chi connectivity index (χ3n) is 2.90. The Morgan fingerprint density at radius 1 is 1.19 bits per heavy atom. The summed E-state index contributed by atoms with van der Waals surface area (Å²) in [5, 5.41) is 9.20. The Kier molecular flexibility index (Phi) is 8.57. The summed E-state index contributed by atoms with van der Waals surface area (Å²) in [7, 11) is 1.60. The summed E-state index contributed by atoms with van der Waals surface area (Å²) in [4.78, 5) is 11.2. The first-order chi connectivity index (χ1) is 10.1. The fourth-order valence-electron chi connectivity index (χ4n) is 1.82. The van der Waals surface area contributed by atoms with Crippen LogP contribution in [-0.4, -0.2) is 51.2 Å². The maximum atomic E-state index is 13.1. The number of hydrogen-bond donors (Lipinski definition) is 1. The molecule has 0 aromatic heterocycles. The molecule has 0 radical (unpaired) electrons. The van der Waals surface area contributed by atoms with Gasteiger partial charge in [-0.3, -0.25) is 4.79 Å². The van der Waals surface area contributed by atoms with Gasteiger partial charge in [0.1, 0.15) is 5.82 Å². The number of methoxy groups -OCH3 is 1. The van der Waals surface area contributed by atoms with E-state index in [2.05, 4.69) is 0 Å². The zero-order valence-electron chi connectivity index (χ0n) is 12.1. The van der Waals surface area contributed by atoms with E-state index in [9.17, 15) is 14.3 Å². The van der Waals surface area contributed by atoms with Crippen LogP contribution in [0.2, 0.25) is 0 Å². The molecular formula is C15H21FO5. The van der Waals surface area contributed by atoms with Gasteiger partial charge in [-0.15, -0.1) is 0 Å². The SMILES string of the molecule is COCCOCCOCCC(C(=O)O)c1cccc(F)c1. The van der Waals surface area contributed by atoms with Crippen LogP contribution in [0, 0.1) is 5.82 Å². The van der Waals surface area contributed by atoms with Gasteiger partial charge >= 0.3 is 5.97 Å². The van der Waals surface area contributed by atoms with Crippen LogP contribution in [0.15, 0.2) is 24.3 Å². The van der Waals surface area contributed by atoms with Crippen molar-refractivity contribution in [2.45, 2.75) is 12.3 Å². The molecule has 1 rings (SSSR count). The maximum absolute atomic E-state index is 13.1. The second kappa shape index (κ2) is 10.3. The van der Waals surface area contributed by atoms with Crippen molar-refractivity contribution in [2.75, 3.05) is 40.1 Å². The number of hydrogen-bond acceptors (Lipinski definition) is 4. The molecule has 118 valence electrons. The summed E-state index contributed by atoms with van der Waals surface area (Å²) in [5.41, 5.74) is 0.447. The second-order valence-corrected chi connectivity index (χ2v) is 4.45. The van der Waals surface area contributed by atoms with Gasteiger partial charge in [0.15, 0.2) is 0 Å². The van der Waals surface area contributed by atoms with Crippen molar-refractivity contribution in [3.63, 3.8) is 0 Å². The Morgan fingerprint density at radius 2 is 1.86 bits per heavy atom. The molecule has 0 saturated heterocycles. The van der Waals surface area contributed by atoms with Gasteiger partial charge in [-0.05, 0) is 24.1 Å². The molecule has 1 unspecified atom stereocenters. The van der Waals surface area contributed by atoms with Crippen LogP contribution >= 0.6 is 0 Å². The first kappa shape index (κ1) is 17.6. The Hall–Kier alpha value is -1.50. The second-order valence-electron chi connectivity index (χ2n) is 4.45. The number of carboxylic acids is 1. The molecule has 0 aliphatic heterocycles. The lowest BCUT2D eigenvalue weighted by Gasteiger charge is -2.13. The van der Waals surface area contributed by atoms with Crippen molar-refractivity contribution in [1.82, 2.24) is 0 Å². The topological polar surface area (TPSA) is 65.0 Å². The Labute approximate surface area is 123 Å². The lowest BCUT2D eigenvalue weighted by Crippen LogP contribution is -2.15. The van der Waals surface area contributed by atoms with E-state index in [1.807, 2.05) is 0 Å². The molecule has 0 aliphatic carbocycles. The number of benzene rings is 1. The molecular weight excluding hydrogens is 279 g/mol. The summed E-state index contributed by atoms with van der Waals surface area (Å²) in [5.74, 6) is -2.19. The van der Waals surface area contributed by atoms with Gasteiger partial charge in [0.25, 0.3) is 0 Å². The summed E-state index contributed by atoms with van der Waals surface area (Å²) in [6.45, 7) is 2.13. The van der Waals surface area contributed by atoms with Gasteiger partial charge in [0.05, 0.1) is 32.3 Å². The third kappa shape index (κ3) is 7.17.